The molecule has 1 aliphatic rings. The molecule has 0 spiro atoms. The molecule has 0 bridgehead atoms. The van der Waals surface area contributed by atoms with Gasteiger partial charge < -0.3 is 0 Å². The Labute approximate surface area is 49.3 Å². The summed E-state index contributed by atoms with van der Waals surface area (Å²) in [6.45, 7) is 4.10. The maximum Gasteiger partial charge on any atom is 0.147 e. The van der Waals surface area contributed by atoms with E-state index >= 15 is 0 Å². The van der Waals surface area contributed by atoms with Crippen LogP contribution < -0.4 is 0 Å². The summed E-state index contributed by atoms with van der Waals surface area (Å²) in [5, 5.41) is 0. The Morgan fingerprint density at radius 2 is 1.88 bits per heavy atom. The zero-order valence-corrected chi connectivity index (χ0v) is 5.26. The van der Waals surface area contributed by atoms with Gasteiger partial charge in [-0.2, -0.15) is 0 Å². The summed E-state index contributed by atoms with van der Waals surface area (Å²) < 4.78 is 0. The van der Waals surface area contributed by atoms with Gasteiger partial charge in [0, 0.05) is 12.4 Å². The number of hydrogen-bond donors (Lipinski definition) is 0. The van der Waals surface area contributed by atoms with Crippen LogP contribution in [0.1, 0.15) is 20.3 Å². The topological polar surface area (TPSA) is 24.7 Å². The van der Waals surface area contributed by atoms with Gasteiger partial charge in [-0.1, -0.05) is 6.92 Å². The van der Waals surface area contributed by atoms with Crippen molar-refractivity contribution in [2.24, 2.45) is 9.98 Å². The fourth-order valence-electron chi connectivity index (χ4n) is 0.604. The largest absolute Gasteiger partial charge is 0.262 e. The minimum atomic E-state index is -0.125. The highest BCUT2D eigenvalue weighted by Crippen LogP contribution is 2.17. The van der Waals surface area contributed by atoms with Gasteiger partial charge in [0.05, 0.1) is 0 Å². The SMILES string of the molecule is CCC1(C)N=CC=N1. The van der Waals surface area contributed by atoms with E-state index in [2.05, 4.69) is 16.9 Å². The van der Waals surface area contributed by atoms with Gasteiger partial charge in [-0.3, -0.25) is 9.98 Å². The zero-order chi connectivity index (χ0) is 6.04. The third kappa shape index (κ3) is 0.782. The number of rotatable bonds is 1. The Morgan fingerprint density at radius 1 is 1.38 bits per heavy atom. The van der Waals surface area contributed by atoms with Gasteiger partial charge in [-0.25, -0.2) is 0 Å². The normalized spacial score (nSPS) is 22.2. The quantitative estimate of drug-likeness (QED) is 0.485. The number of hydrogen-bond acceptors (Lipinski definition) is 2. The van der Waals surface area contributed by atoms with E-state index in [4.69, 9.17) is 0 Å². The summed E-state index contributed by atoms with van der Waals surface area (Å²) in [6.07, 6.45) is 4.49. The van der Waals surface area contributed by atoms with Gasteiger partial charge in [0.1, 0.15) is 5.66 Å². The fraction of sp³-hybridized carbons (Fsp3) is 0.667. The lowest BCUT2D eigenvalue weighted by atomic mass is 10.2. The Balaban J connectivity index is 2.69. The van der Waals surface area contributed by atoms with Crippen LogP contribution >= 0.6 is 0 Å². The van der Waals surface area contributed by atoms with E-state index in [1.54, 1.807) is 12.4 Å². The summed E-state index contributed by atoms with van der Waals surface area (Å²) >= 11 is 0. The fourth-order valence-corrected chi connectivity index (χ4v) is 0.604. The van der Waals surface area contributed by atoms with E-state index < -0.39 is 0 Å². The molecule has 0 saturated carbocycles. The molecular formula is C6H10N2. The third-order valence-electron chi connectivity index (χ3n) is 1.44. The highest BCUT2D eigenvalue weighted by Gasteiger charge is 2.18. The average Bonchev–Trinajstić information content (AvgIpc) is 2.17. The van der Waals surface area contributed by atoms with Crippen LogP contribution in [-0.4, -0.2) is 18.1 Å². The summed E-state index contributed by atoms with van der Waals surface area (Å²) in [7, 11) is 0. The van der Waals surface area contributed by atoms with Crippen molar-refractivity contribution in [1.82, 2.24) is 0 Å². The molecule has 0 N–H and O–H groups in total. The molecule has 0 unspecified atom stereocenters. The van der Waals surface area contributed by atoms with Crippen molar-refractivity contribution in [3.05, 3.63) is 0 Å². The van der Waals surface area contributed by atoms with Crippen LogP contribution in [-0.2, 0) is 0 Å². The second-order valence-corrected chi connectivity index (χ2v) is 2.13. The standard InChI is InChI=1S/C6H10N2/c1-3-6(2)7-4-5-8-6/h4-5H,3H2,1-2H3. The van der Waals surface area contributed by atoms with E-state index in [0.29, 0.717) is 0 Å². The first-order valence-electron chi connectivity index (χ1n) is 2.86. The van der Waals surface area contributed by atoms with Crippen molar-refractivity contribution in [2.75, 3.05) is 0 Å². The lowest BCUT2D eigenvalue weighted by Gasteiger charge is -2.12. The van der Waals surface area contributed by atoms with Crippen LogP contribution in [0.5, 0.6) is 0 Å². The Hall–Kier alpha value is -0.660. The molecule has 1 heterocycles. The molecule has 0 atom stereocenters. The number of aliphatic imine (C=N–C) groups is 2. The van der Waals surface area contributed by atoms with Crippen LogP contribution in [0.3, 0.4) is 0 Å². The molecule has 8 heavy (non-hydrogen) atoms. The molecule has 44 valence electrons. The molecule has 1 aliphatic heterocycles. The van der Waals surface area contributed by atoms with Crippen molar-refractivity contribution in [2.45, 2.75) is 25.9 Å². The molecule has 0 fully saturated rings. The maximum atomic E-state index is 4.14. The highest BCUT2D eigenvalue weighted by atomic mass is 15.1. The zero-order valence-electron chi connectivity index (χ0n) is 5.26. The van der Waals surface area contributed by atoms with E-state index in [1.165, 1.54) is 0 Å². The van der Waals surface area contributed by atoms with Gasteiger partial charge in [0.2, 0.25) is 0 Å². The molecule has 2 nitrogen and oxygen atoms in total. The van der Waals surface area contributed by atoms with Gasteiger partial charge in [0.15, 0.2) is 0 Å². The average molecular weight is 110 g/mol. The van der Waals surface area contributed by atoms with Crippen molar-refractivity contribution < 1.29 is 0 Å². The molecule has 2 heteroatoms. The second-order valence-electron chi connectivity index (χ2n) is 2.13. The van der Waals surface area contributed by atoms with Crippen molar-refractivity contribution >= 4 is 12.4 Å². The predicted octanol–water partition coefficient (Wildman–Crippen LogP) is 1.27. The van der Waals surface area contributed by atoms with Crippen LogP contribution in [0.25, 0.3) is 0 Å². The minimum absolute atomic E-state index is 0.125. The van der Waals surface area contributed by atoms with Crippen molar-refractivity contribution in [3.8, 4) is 0 Å². The smallest absolute Gasteiger partial charge is 0.147 e. The third-order valence-corrected chi connectivity index (χ3v) is 1.44. The minimum Gasteiger partial charge on any atom is -0.262 e. The van der Waals surface area contributed by atoms with Gasteiger partial charge in [-0.05, 0) is 13.3 Å². The monoisotopic (exact) mass is 110 g/mol. The van der Waals surface area contributed by atoms with Crippen LogP contribution in [0.4, 0.5) is 0 Å². The Kier molecular flexibility index (Phi) is 1.16. The van der Waals surface area contributed by atoms with Crippen molar-refractivity contribution in [1.29, 1.82) is 0 Å². The highest BCUT2D eigenvalue weighted by molar-refractivity contribution is 6.17. The van der Waals surface area contributed by atoms with Crippen LogP contribution in [0.2, 0.25) is 0 Å². The van der Waals surface area contributed by atoms with E-state index in [9.17, 15) is 0 Å². The summed E-state index contributed by atoms with van der Waals surface area (Å²) in [5.41, 5.74) is -0.125. The van der Waals surface area contributed by atoms with Crippen LogP contribution in [0, 0.1) is 0 Å². The van der Waals surface area contributed by atoms with Crippen molar-refractivity contribution in [3.63, 3.8) is 0 Å². The van der Waals surface area contributed by atoms with E-state index in [-0.39, 0.29) is 5.66 Å². The van der Waals surface area contributed by atoms with E-state index in [0.717, 1.165) is 6.42 Å². The molecule has 0 radical (unpaired) electrons. The molecule has 0 aromatic rings. The summed E-state index contributed by atoms with van der Waals surface area (Å²) in [4.78, 5) is 8.28. The van der Waals surface area contributed by atoms with Gasteiger partial charge >= 0.3 is 0 Å². The first-order valence-corrected chi connectivity index (χ1v) is 2.86. The van der Waals surface area contributed by atoms with Gasteiger partial charge in [0.25, 0.3) is 0 Å². The Morgan fingerprint density at radius 3 is 2.12 bits per heavy atom. The van der Waals surface area contributed by atoms with Crippen LogP contribution in [0.15, 0.2) is 9.98 Å². The van der Waals surface area contributed by atoms with E-state index in [1.807, 2.05) is 6.92 Å². The molecule has 0 amide bonds. The number of nitrogens with zero attached hydrogens (tertiary/aromatic N) is 2. The Bertz CT molecular complexity index is 123. The first kappa shape index (κ1) is 5.48. The lowest BCUT2D eigenvalue weighted by molar-refractivity contribution is 0.492. The molecule has 0 aliphatic carbocycles. The summed E-state index contributed by atoms with van der Waals surface area (Å²) in [5.74, 6) is 0. The predicted molar refractivity (Wildman–Crippen MR) is 35.7 cm³/mol. The molecular weight excluding hydrogens is 100 g/mol. The molecule has 0 aromatic carbocycles. The molecule has 0 saturated heterocycles. The molecule has 1 rings (SSSR count). The first-order chi connectivity index (χ1) is 3.77. The summed E-state index contributed by atoms with van der Waals surface area (Å²) in [6, 6.07) is 0. The lowest BCUT2D eigenvalue weighted by Crippen LogP contribution is -2.13. The second kappa shape index (κ2) is 1.69. The van der Waals surface area contributed by atoms with Gasteiger partial charge in [-0.15, -0.1) is 0 Å². The molecule has 0 aromatic heterocycles. The maximum absolute atomic E-state index is 4.14.